The number of aliphatic hydroxyl groups excluding tert-OH is 1. The molecule has 1 radical (unpaired) electrons. The first-order valence-corrected chi connectivity index (χ1v) is 31.5. The summed E-state index contributed by atoms with van der Waals surface area (Å²) in [4.78, 5) is 113. The number of nitrogens with zero attached hydrogens (tertiary/aromatic N) is 4. The second kappa shape index (κ2) is 25.2. The van der Waals surface area contributed by atoms with Crippen LogP contribution in [0.4, 0.5) is 29.7 Å². The molecule has 92 heavy (non-hydrogen) atoms. The third-order valence-electron chi connectivity index (χ3n) is 20.5. The molecule has 26 heteroatoms. The molecule has 4 heterocycles. The number of allylic oxidation sites excluding steroid dienone is 4. The van der Waals surface area contributed by atoms with E-state index in [9.17, 15) is 48.6 Å². The van der Waals surface area contributed by atoms with Crippen LogP contribution in [-0.4, -0.2) is 159 Å². The van der Waals surface area contributed by atoms with Crippen molar-refractivity contribution in [3.05, 3.63) is 98.0 Å². The zero-order valence-electron chi connectivity index (χ0n) is 52.2. The number of aromatic nitrogens is 2. The Labute approximate surface area is 528 Å². The standard InChI is InChI=1S/C66H77F2N6O18/c1-34-26-71(19-17-69-34)54-47(67)23-42-52(58(54)85-5)73(38-8-9-38)28-44(56(42)78)60(80)89-32-91-62(82)87-30-36(21-50(77)66(84)16-14-46-41-12-7-37-22-40(75)13-15-64(37,3)51(41)49(76)25-65(46,66)4)31-88-63(83)92-33-90-61(81)45-29-74(39-10-11-39)53-43(57(45)79)24-48(68)55(59(53)86-6)72-20-18-70-35(2)27-72/h13,15,21-24,28-29,34-36,38-39,41,46,49,51,69-70,76,84H,7-12,14,16-20,25-27,30-33H2,1-6H3/t34?,35?,36?,41-,46-,49-,51?,64-,65-,66-/m1/s1. The molecular formula is C66H77F2N6O18. The van der Waals surface area contributed by atoms with Crippen LogP contribution in [0.1, 0.15) is 118 Å². The molecule has 7 fully saturated rings. The first-order chi connectivity index (χ1) is 44.0. The minimum Gasteiger partial charge on any atom is -0.492 e. The third kappa shape index (κ3) is 11.7. The van der Waals surface area contributed by atoms with Gasteiger partial charge >= 0.3 is 24.2 Å². The van der Waals surface area contributed by atoms with E-state index in [0.717, 1.165) is 24.1 Å². The van der Waals surface area contributed by atoms with Crippen molar-refractivity contribution in [1.82, 2.24) is 19.8 Å². The zero-order valence-corrected chi connectivity index (χ0v) is 52.2. The molecule has 2 saturated heterocycles. The number of Topliss-reactive ketones (excluding diaryl/α,β-unsaturated/α-hetero) is 1. The Morgan fingerprint density at radius 2 is 1.22 bits per heavy atom. The Morgan fingerprint density at radius 1 is 0.717 bits per heavy atom. The number of fused-ring (bicyclic) bond motifs is 7. The quantitative estimate of drug-likeness (QED) is 0.0442. The van der Waals surface area contributed by atoms with E-state index in [-0.39, 0.29) is 94.2 Å². The molecule has 4 aromatic rings. The smallest absolute Gasteiger partial charge is 0.492 e. The van der Waals surface area contributed by atoms with Gasteiger partial charge in [-0.3, -0.25) is 19.2 Å². The van der Waals surface area contributed by atoms with Crippen LogP contribution in [0.3, 0.4) is 0 Å². The number of carbonyl (C=O) groups is 6. The van der Waals surface area contributed by atoms with Crippen molar-refractivity contribution in [3.63, 3.8) is 0 Å². The zero-order chi connectivity index (χ0) is 65.3. The molecule has 0 bridgehead atoms. The van der Waals surface area contributed by atoms with E-state index >= 15 is 8.78 Å². The van der Waals surface area contributed by atoms with E-state index in [1.807, 2.05) is 36.6 Å². The Hall–Kier alpha value is -7.94. The normalized spacial score (nSPS) is 27.9. The number of anilines is 2. The second-order valence-corrected chi connectivity index (χ2v) is 26.3. The van der Waals surface area contributed by atoms with Gasteiger partial charge in [-0.2, -0.15) is 0 Å². The summed E-state index contributed by atoms with van der Waals surface area (Å²) >= 11 is 0. The van der Waals surface area contributed by atoms with Crippen LogP contribution >= 0.6 is 0 Å². The highest BCUT2D eigenvalue weighted by atomic mass is 19.1. The molecule has 493 valence electrons. The van der Waals surface area contributed by atoms with E-state index in [1.165, 1.54) is 32.7 Å². The maximum Gasteiger partial charge on any atom is 0.511 e. The Morgan fingerprint density at radius 3 is 1.68 bits per heavy atom. The number of methoxy groups -OCH3 is 2. The van der Waals surface area contributed by atoms with Gasteiger partial charge < -0.3 is 77.7 Å². The van der Waals surface area contributed by atoms with Gasteiger partial charge in [0.1, 0.15) is 41.3 Å². The van der Waals surface area contributed by atoms with Gasteiger partial charge in [-0.1, -0.05) is 25.5 Å². The number of nitrogens with one attached hydrogen (secondary N) is 2. The van der Waals surface area contributed by atoms with Crippen LogP contribution in [0.25, 0.3) is 21.8 Å². The number of ketones is 2. The topological polar surface area (TPSA) is 291 Å². The number of carbonyl (C=O) groups excluding carboxylic acids is 6. The molecule has 2 aromatic carbocycles. The van der Waals surface area contributed by atoms with E-state index in [2.05, 4.69) is 10.6 Å². The van der Waals surface area contributed by atoms with Gasteiger partial charge in [0, 0.05) is 105 Å². The van der Waals surface area contributed by atoms with Crippen molar-refractivity contribution in [2.24, 2.45) is 34.5 Å². The van der Waals surface area contributed by atoms with E-state index in [4.69, 9.17) is 37.9 Å². The van der Waals surface area contributed by atoms with Crippen molar-refractivity contribution in [2.75, 3.05) is 90.1 Å². The molecule has 24 nitrogen and oxygen atoms in total. The lowest BCUT2D eigenvalue weighted by Crippen LogP contribution is -2.61. The fourth-order valence-corrected chi connectivity index (χ4v) is 15.8. The van der Waals surface area contributed by atoms with Crippen molar-refractivity contribution < 1.29 is 85.7 Å². The summed E-state index contributed by atoms with van der Waals surface area (Å²) in [6, 6.07) is 1.96. The summed E-state index contributed by atoms with van der Waals surface area (Å²) in [5.41, 5.74) is -4.60. The number of piperazine rings is 2. The molecule has 5 saturated carbocycles. The maximum atomic E-state index is 16.1. The van der Waals surface area contributed by atoms with E-state index in [0.29, 0.717) is 95.2 Å². The molecule has 2 aliphatic heterocycles. The van der Waals surface area contributed by atoms with Gasteiger partial charge in [0.15, 0.2) is 34.7 Å². The summed E-state index contributed by atoms with van der Waals surface area (Å²) < 4.78 is 78.6. The fraction of sp³-hybridized carbons (Fsp3) is 0.561. The van der Waals surface area contributed by atoms with Crippen molar-refractivity contribution in [3.8, 4) is 11.5 Å². The molecule has 6 aliphatic carbocycles. The first-order valence-electron chi connectivity index (χ1n) is 31.5. The number of pyridine rings is 2. The van der Waals surface area contributed by atoms with Gasteiger partial charge in [0.25, 0.3) is 0 Å². The van der Waals surface area contributed by atoms with Crippen LogP contribution in [0.5, 0.6) is 11.5 Å². The summed E-state index contributed by atoms with van der Waals surface area (Å²) in [6.45, 7) is 7.14. The highest BCUT2D eigenvalue weighted by Crippen LogP contribution is 2.67. The minimum atomic E-state index is -2.08. The average molecular weight is 1280 g/mol. The number of aliphatic hydroxyl groups is 2. The van der Waals surface area contributed by atoms with Crippen LogP contribution < -0.4 is 40.8 Å². The van der Waals surface area contributed by atoms with E-state index < -0.39 is 119 Å². The molecule has 12 rings (SSSR count). The fourth-order valence-electron chi connectivity index (χ4n) is 15.8. The highest BCUT2D eigenvalue weighted by molar-refractivity contribution is 6.02. The average Bonchev–Trinajstić information content (AvgIpc) is 1.06. The molecule has 2 aromatic heterocycles. The number of benzene rings is 2. The molecule has 0 amide bonds. The van der Waals surface area contributed by atoms with Gasteiger partial charge in [0.2, 0.25) is 24.4 Å². The predicted octanol–water partition coefficient (Wildman–Crippen LogP) is 6.51. The summed E-state index contributed by atoms with van der Waals surface area (Å²) in [7, 11) is 2.77. The first kappa shape index (κ1) is 64.2. The van der Waals surface area contributed by atoms with Crippen LogP contribution in [0.15, 0.2) is 57.9 Å². The Bertz CT molecular complexity index is 3680. The number of halogens is 2. The summed E-state index contributed by atoms with van der Waals surface area (Å²) in [5, 5.41) is 31.0. The summed E-state index contributed by atoms with van der Waals surface area (Å²) in [6.07, 6.45) is 9.24. The van der Waals surface area contributed by atoms with Gasteiger partial charge in [-0.15, -0.1) is 0 Å². The monoisotopic (exact) mass is 1280 g/mol. The second-order valence-electron chi connectivity index (χ2n) is 26.3. The minimum absolute atomic E-state index is 0.00687. The molecule has 3 unspecified atom stereocenters. The number of hydrogen-bond acceptors (Lipinski definition) is 22. The molecule has 0 spiro atoms. The molecular weight excluding hydrogens is 1200 g/mol. The van der Waals surface area contributed by atoms with Crippen LogP contribution in [0.2, 0.25) is 0 Å². The number of hydrogen-bond donors (Lipinski definition) is 4. The lowest BCUT2D eigenvalue weighted by molar-refractivity contribution is -0.174. The molecule has 9 atom stereocenters. The number of ether oxygens (including phenoxy) is 8. The van der Waals surface area contributed by atoms with Gasteiger partial charge in [0.05, 0.1) is 42.1 Å². The van der Waals surface area contributed by atoms with Crippen molar-refractivity contribution in [2.45, 2.75) is 121 Å². The Balaban J connectivity index is 0.725. The number of rotatable bonds is 19. The SMILES string of the molecule is COc1c(N2CCNC(C)C2)c(F)cc2c(=O)c(C(=O)OCOC(=O)OCC([CH]C(=O)[C@]3(O)CC[C@@H]4[C@H]5CCC6=CC(=O)C=C[C@@]6(C)C5[C@H](O)C[C@]43C)COC(=O)OCOC(=O)c3cn(C4CC4)c4c(OC)c(N5CCNC(C)C5)c(F)cc4c3=O)cn(C3CC3)c12. The predicted molar refractivity (Wildman–Crippen MR) is 327 cm³/mol. The Kier molecular flexibility index (Phi) is 17.6. The third-order valence-corrected chi connectivity index (χ3v) is 20.5. The molecule has 8 aliphatic rings. The van der Waals surface area contributed by atoms with Gasteiger partial charge in [-0.05, 0) is 108 Å². The van der Waals surface area contributed by atoms with Gasteiger partial charge in [-0.25, -0.2) is 28.0 Å². The lowest BCUT2D eigenvalue weighted by Gasteiger charge is -2.59. The summed E-state index contributed by atoms with van der Waals surface area (Å²) in [5.74, 6) is -6.54. The van der Waals surface area contributed by atoms with E-state index in [1.54, 1.807) is 22.1 Å². The van der Waals surface area contributed by atoms with Crippen LogP contribution in [-0.2, 0) is 38.0 Å². The maximum absolute atomic E-state index is 16.1. The highest BCUT2D eigenvalue weighted by Gasteiger charge is 2.68. The van der Waals surface area contributed by atoms with Crippen molar-refractivity contribution in [1.29, 1.82) is 0 Å². The van der Waals surface area contributed by atoms with Crippen molar-refractivity contribution >= 4 is 69.0 Å². The van der Waals surface area contributed by atoms with Crippen LogP contribution in [0, 0.1) is 52.6 Å². The largest absolute Gasteiger partial charge is 0.511 e. The lowest BCUT2D eigenvalue weighted by atomic mass is 9.46. The molecule has 4 N–H and O–H groups in total. The number of esters is 2.